The van der Waals surface area contributed by atoms with E-state index in [-0.39, 0.29) is 22.5 Å². The van der Waals surface area contributed by atoms with Crippen molar-refractivity contribution in [2.75, 3.05) is 24.6 Å². The molecule has 0 bridgehead atoms. The molecule has 0 saturated heterocycles. The van der Waals surface area contributed by atoms with E-state index in [1.165, 1.54) is 0 Å². The predicted octanol–water partition coefficient (Wildman–Crippen LogP) is 2.71. The number of aliphatic hydroxyl groups is 1. The first-order valence-electron chi connectivity index (χ1n) is 5.50. The lowest BCUT2D eigenvalue weighted by Gasteiger charge is -2.22. The highest BCUT2D eigenvalue weighted by Gasteiger charge is 2.21. The summed E-state index contributed by atoms with van der Waals surface area (Å²) in [5.74, 6) is -0.543. The molecule has 5 nitrogen and oxygen atoms in total. The third kappa shape index (κ3) is 3.39. The van der Waals surface area contributed by atoms with E-state index in [2.05, 4.69) is 15.9 Å². The van der Waals surface area contributed by atoms with E-state index < -0.39 is 10.7 Å². The number of benzene rings is 1. The average molecular weight is 321 g/mol. The molecule has 0 spiro atoms. The van der Waals surface area contributed by atoms with Gasteiger partial charge in [-0.2, -0.15) is 0 Å². The Morgan fingerprint density at radius 2 is 2.22 bits per heavy atom. The van der Waals surface area contributed by atoms with Gasteiger partial charge in [0.1, 0.15) is 11.5 Å². The van der Waals surface area contributed by atoms with Crippen LogP contribution in [-0.2, 0) is 0 Å². The molecule has 0 heterocycles. The van der Waals surface area contributed by atoms with Crippen molar-refractivity contribution in [3.8, 4) is 0 Å². The van der Waals surface area contributed by atoms with E-state index in [0.717, 1.165) is 12.1 Å². The first-order valence-corrected chi connectivity index (χ1v) is 6.29. The van der Waals surface area contributed by atoms with Crippen LogP contribution in [0, 0.1) is 15.9 Å². The zero-order valence-electron chi connectivity index (χ0n) is 9.90. The SMILES string of the molecule is CCN(CCCO)c1cc(F)c(Br)cc1[N+](=O)[O-]. The minimum atomic E-state index is -0.543. The molecule has 0 aliphatic carbocycles. The number of rotatable bonds is 6. The summed E-state index contributed by atoms with van der Waals surface area (Å²) < 4.78 is 13.6. The van der Waals surface area contributed by atoms with Gasteiger partial charge < -0.3 is 10.0 Å². The fraction of sp³-hybridized carbons (Fsp3) is 0.455. The highest BCUT2D eigenvalue weighted by molar-refractivity contribution is 9.10. The van der Waals surface area contributed by atoms with Gasteiger partial charge in [-0.05, 0) is 29.3 Å². The second kappa shape index (κ2) is 6.65. The molecule has 0 saturated carbocycles. The number of hydrogen-bond donors (Lipinski definition) is 1. The highest BCUT2D eigenvalue weighted by Crippen LogP contribution is 2.33. The lowest BCUT2D eigenvalue weighted by molar-refractivity contribution is -0.384. The van der Waals surface area contributed by atoms with Crippen molar-refractivity contribution in [2.24, 2.45) is 0 Å². The molecule has 18 heavy (non-hydrogen) atoms. The topological polar surface area (TPSA) is 66.6 Å². The van der Waals surface area contributed by atoms with E-state index in [0.29, 0.717) is 19.5 Å². The summed E-state index contributed by atoms with van der Waals surface area (Å²) in [6.45, 7) is 2.75. The molecule has 7 heteroatoms. The lowest BCUT2D eigenvalue weighted by Crippen LogP contribution is -2.25. The molecule has 0 amide bonds. The predicted molar refractivity (Wildman–Crippen MR) is 70.3 cm³/mol. The van der Waals surface area contributed by atoms with Crippen LogP contribution in [0.2, 0.25) is 0 Å². The summed E-state index contributed by atoms with van der Waals surface area (Å²) in [5.41, 5.74) is 0.0831. The van der Waals surface area contributed by atoms with Crippen LogP contribution in [0.1, 0.15) is 13.3 Å². The third-order valence-electron chi connectivity index (χ3n) is 2.52. The maximum Gasteiger partial charge on any atom is 0.293 e. The number of halogens is 2. The summed E-state index contributed by atoms with van der Waals surface area (Å²) in [6, 6.07) is 2.30. The normalized spacial score (nSPS) is 10.4. The van der Waals surface area contributed by atoms with Crippen molar-refractivity contribution in [1.82, 2.24) is 0 Å². The zero-order chi connectivity index (χ0) is 13.7. The Labute approximate surface area is 112 Å². The molecular formula is C11H14BrFN2O3. The Morgan fingerprint density at radius 1 is 1.56 bits per heavy atom. The maximum absolute atomic E-state index is 13.5. The van der Waals surface area contributed by atoms with E-state index in [1.54, 1.807) is 4.90 Å². The summed E-state index contributed by atoms with van der Waals surface area (Å²) in [4.78, 5) is 12.1. The van der Waals surface area contributed by atoms with Gasteiger partial charge >= 0.3 is 0 Å². The van der Waals surface area contributed by atoms with Gasteiger partial charge in [-0.3, -0.25) is 10.1 Å². The first kappa shape index (κ1) is 14.8. The van der Waals surface area contributed by atoms with Crippen LogP contribution in [0.15, 0.2) is 16.6 Å². The molecule has 0 aliphatic heterocycles. The molecule has 0 fully saturated rings. The lowest BCUT2D eigenvalue weighted by atomic mass is 10.2. The number of hydrogen-bond acceptors (Lipinski definition) is 4. The van der Waals surface area contributed by atoms with Crippen LogP contribution in [0.25, 0.3) is 0 Å². The van der Waals surface area contributed by atoms with Crippen molar-refractivity contribution in [1.29, 1.82) is 0 Å². The number of aliphatic hydroxyl groups excluding tert-OH is 1. The molecule has 1 N–H and O–H groups in total. The van der Waals surface area contributed by atoms with Crippen molar-refractivity contribution >= 4 is 27.3 Å². The van der Waals surface area contributed by atoms with Crippen LogP contribution in [0.4, 0.5) is 15.8 Å². The summed E-state index contributed by atoms with van der Waals surface area (Å²) in [7, 11) is 0. The van der Waals surface area contributed by atoms with Gasteiger partial charge in [-0.25, -0.2) is 4.39 Å². The number of nitro benzene ring substituents is 1. The van der Waals surface area contributed by atoms with Crippen molar-refractivity contribution in [2.45, 2.75) is 13.3 Å². The van der Waals surface area contributed by atoms with Crippen molar-refractivity contribution < 1.29 is 14.4 Å². The molecule has 1 aromatic rings. The molecule has 1 rings (SSSR count). The van der Waals surface area contributed by atoms with Crippen LogP contribution >= 0.6 is 15.9 Å². The van der Waals surface area contributed by atoms with E-state index in [4.69, 9.17) is 5.11 Å². The standard InChI is InChI=1S/C11H14BrFN2O3/c1-2-14(4-3-5-16)10-7-9(13)8(12)6-11(10)15(17)18/h6-7,16H,2-5H2,1H3. The molecule has 0 radical (unpaired) electrons. The molecule has 0 aliphatic rings. The molecular weight excluding hydrogens is 307 g/mol. The third-order valence-corrected chi connectivity index (χ3v) is 3.13. The minimum absolute atomic E-state index is 0.0106. The summed E-state index contributed by atoms with van der Waals surface area (Å²) in [6.07, 6.45) is 0.475. The van der Waals surface area contributed by atoms with Crippen LogP contribution in [-0.4, -0.2) is 29.7 Å². The van der Waals surface area contributed by atoms with E-state index >= 15 is 0 Å². The first-order chi connectivity index (χ1) is 8.51. The van der Waals surface area contributed by atoms with Gasteiger partial charge in [-0.1, -0.05) is 0 Å². The largest absolute Gasteiger partial charge is 0.396 e. The zero-order valence-corrected chi connectivity index (χ0v) is 11.5. The smallest absolute Gasteiger partial charge is 0.293 e. The van der Waals surface area contributed by atoms with Gasteiger partial charge in [-0.15, -0.1) is 0 Å². The average Bonchev–Trinajstić information content (AvgIpc) is 2.33. The van der Waals surface area contributed by atoms with Crippen LogP contribution in [0.5, 0.6) is 0 Å². The minimum Gasteiger partial charge on any atom is -0.396 e. The Bertz CT molecular complexity index is 443. The number of nitrogens with zero attached hydrogens (tertiary/aromatic N) is 2. The number of anilines is 1. The summed E-state index contributed by atoms with van der Waals surface area (Å²) >= 11 is 2.93. The fourth-order valence-corrected chi connectivity index (χ4v) is 1.97. The Morgan fingerprint density at radius 3 is 2.72 bits per heavy atom. The van der Waals surface area contributed by atoms with Crippen molar-refractivity contribution in [3.05, 3.63) is 32.5 Å². The highest BCUT2D eigenvalue weighted by atomic mass is 79.9. The van der Waals surface area contributed by atoms with Gasteiger partial charge in [0.15, 0.2) is 0 Å². The van der Waals surface area contributed by atoms with Crippen molar-refractivity contribution in [3.63, 3.8) is 0 Å². The summed E-state index contributed by atoms with van der Waals surface area (Å²) in [5, 5.41) is 19.8. The Balaban J connectivity index is 3.18. The molecule has 0 atom stereocenters. The molecule has 100 valence electrons. The van der Waals surface area contributed by atoms with Gasteiger partial charge in [0, 0.05) is 31.8 Å². The quantitative estimate of drug-likeness (QED) is 0.646. The Kier molecular flexibility index (Phi) is 5.49. The Hall–Kier alpha value is -1.21. The second-order valence-corrected chi connectivity index (χ2v) is 4.52. The van der Waals surface area contributed by atoms with Gasteiger partial charge in [0.2, 0.25) is 0 Å². The molecule has 1 aromatic carbocycles. The van der Waals surface area contributed by atoms with Gasteiger partial charge in [0.05, 0.1) is 9.40 Å². The van der Waals surface area contributed by atoms with E-state index in [1.807, 2.05) is 6.92 Å². The molecule has 0 aromatic heterocycles. The maximum atomic E-state index is 13.5. The van der Waals surface area contributed by atoms with E-state index in [9.17, 15) is 14.5 Å². The van der Waals surface area contributed by atoms with Crippen LogP contribution < -0.4 is 4.90 Å². The van der Waals surface area contributed by atoms with Gasteiger partial charge in [0.25, 0.3) is 5.69 Å². The number of nitro groups is 1. The van der Waals surface area contributed by atoms with Crippen LogP contribution in [0.3, 0.4) is 0 Å². The second-order valence-electron chi connectivity index (χ2n) is 3.67. The molecule has 0 unspecified atom stereocenters. The fourth-order valence-electron chi connectivity index (χ4n) is 1.64. The monoisotopic (exact) mass is 320 g/mol.